The molecule has 1 aromatic rings. The van der Waals surface area contributed by atoms with Gasteiger partial charge in [-0.15, -0.1) is 0 Å². The summed E-state index contributed by atoms with van der Waals surface area (Å²) in [5, 5.41) is 9.25. The average molecular weight is 286 g/mol. The molecule has 0 aliphatic rings. The molecule has 19 heavy (non-hydrogen) atoms. The van der Waals surface area contributed by atoms with Gasteiger partial charge in [0.1, 0.15) is 0 Å². The zero-order valence-electron chi connectivity index (χ0n) is 11.6. The fourth-order valence-electron chi connectivity index (χ4n) is 1.63. The van der Waals surface area contributed by atoms with E-state index in [4.69, 9.17) is 5.73 Å². The van der Waals surface area contributed by atoms with Crippen molar-refractivity contribution >= 4 is 10.0 Å². The molecular formula is C13H22N2O3S. The Kier molecular flexibility index (Phi) is 5.09. The maximum Gasteiger partial charge on any atom is 0.218 e. The Morgan fingerprint density at radius 2 is 1.89 bits per heavy atom. The van der Waals surface area contributed by atoms with E-state index in [1.165, 1.54) is 11.4 Å². The molecule has 5 nitrogen and oxygen atoms in total. The fraction of sp³-hybridized carbons (Fsp3) is 0.538. The Bertz CT molecular complexity index is 526. The molecule has 0 heterocycles. The summed E-state index contributed by atoms with van der Waals surface area (Å²) < 4.78 is 25.8. The smallest absolute Gasteiger partial charge is 0.218 e. The highest BCUT2D eigenvalue weighted by molar-refractivity contribution is 7.88. The SMILES string of the molecule is CN(C(C)(C)CO)S(=O)(=O)Cc1cccc(CN)c1. The predicted molar refractivity (Wildman–Crippen MR) is 75.9 cm³/mol. The van der Waals surface area contributed by atoms with Crippen molar-refractivity contribution in [2.24, 2.45) is 5.73 Å². The van der Waals surface area contributed by atoms with Gasteiger partial charge >= 0.3 is 0 Å². The third kappa shape index (κ3) is 4.01. The van der Waals surface area contributed by atoms with Gasteiger partial charge in [0.15, 0.2) is 0 Å². The zero-order chi connectivity index (χ0) is 14.7. The summed E-state index contributed by atoms with van der Waals surface area (Å²) in [4.78, 5) is 0. The zero-order valence-corrected chi connectivity index (χ0v) is 12.4. The highest BCUT2D eigenvalue weighted by atomic mass is 32.2. The summed E-state index contributed by atoms with van der Waals surface area (Å²) in [6.07, 6.45) is 0. The molecule has 0 unspecified atom stereocenters. The summed E-state index contributed by atoms with van der Waals surface area (Å²) in [6, 6.07) is 7.20. The molecule has 1 rings (SSSR count). The van der Waals surface area contributed by atoms with Crippen LogP contribution in [-0.2, 0) is 22.3 Å². The molecule has 0 saturated carbocycles. The quantitative estimate of drug-likeness (QED) is 0.805. The van der Waals surface area contributed by atoms with Gasteiger partial charge in [-0.05, 0) is 25.0 Å². The molecule has 1 aromatic carbocycles. The van der Waals surface area contributed by atoms with Crippen LogP contribution >= 0.6 is 0 Å². The van der Waals surface area contributed by atoms with Crippen LogP contribution in [0.15, 0.2) is 24.3 Å². The van der Waals surface area contributed by atoms with E-state index in [1.807, 2.05) is 6.07 Å². The second kappa shape index (κ2) is 6.00. The van der Waals surface area contributed by atoms with Crippen LogP contribution in [0.3, 0.4) is 0 Å². The van der Waals surface area contributed by atoms with Gasteiger partial charge in [-0.3, -0.25) is 0 Å². The van der Waals surface area contributed by atoms with E-state index in [2.05, 4.69) is 0 Å². The van der Waals surface area contributed by atoms with Crippen LogP contribution in [0, 0.1) is 0 Å². The first kappa shape index (κ1) is 16.1. The molecular weight excluding hydrogens is 264 g/mol. The molecule has 0 aliphatic heterocycles. The van der Waals surface area contributed by atoms with Crippen molar-refractivity contribution in [2.75, 3.05) is 13.7 Å². The maximum absolute atomic E-state index is 12.3. The minimum Gasteiger partial charge on any atom is -0.394 e. The van der Waals surface area contributed by atoms with E-state index in [0.29, 0.717) is 12.1 Å². The molecule has 0 saturated heterocycles. The summed E-state index contributed by atoms with van der Waals surface area (Å²) in [7, 11) is -1.99. The van der Waals surface area contributed by atoms with Crippen LogP contribution in [-0.4, -0.2) is 37.0 Å². The second-order valence-electron chi connectivity index (χ2n) is 5.22. The molecule has 0 spiro atoms. The van der Waals surface area contributed by atoms with Crippen molar-refractivity contribution < 1.29 is 13.5 Å². The lowest BCUT2D eigenvalue weighted by Crippen LogP contribution is -2.47. The normalized spacial score (nSPS) is 12.9. The first-order valence-corrected chi connectivity index (χ1v) is 7.69. The largest absolute Gasteiger partial charge is 0.394 e. The Morgan fingerprint density at radius 1 is 1.32 bits per heavy atom. The molecule has 6 heteroatoms. The first-order chi connectivity index (χ1) is 8.73. The van der Waals surface area contributed by atoms with Gasteiger partial charge in [-0.25, -0.2) is 8.42 Å². The monoisotopic (exact) mass is 286 g/mol. The minimum atomic E-state index is -3.48. The molecule has 0 atom stereocenters. The van der Waals surface area contributed by atoms with Crippen molar-refractivity contribution in [1.82, 2.24) is 4.31 Å². The number of likely N-dealkylation sites (N-methyl/N-ethyl adjacent to an activating group) is 1. The number of nitrogens with zero attached hydrogens (tertiary/aromatic N) is 1. The summed E-state index contributed by atoms with van der Waals surface area (Å²) in [6.45, 7) is 3.51. The number of aliphatic hydroxyl groups is 1. The lowest BCUT2D eigenvalue weighted by Gasteiger charge is -2.32. The van der Waals surface area contributed by atoms with Crippen molar-refractivity contribution in [3.05, 3.63) is 35.4 Å². The fourth-order valence-corrected chi connectivity index (χ4v) is 3.24. The Balaban J connectivity index is 2.96. The lowest BCUT2D eigenvalue weighted by atomic mass is 10.1. The highest BCUT2D eigenvalue weighted by Gasteiger charge is 2.32. The van der Waals surface area contributed by atoms with Crippen molar-refractivity contribution in [1.29, 1.82) is 0 Å². The van der Waals surface area contributed by atoms with Gasteiger partial charge in [0, 0.05) is 13.6 Å². The van der Waals surface area contributed by atoms with Gasteiger partial charge in [0.05, 0.1) is 17.9 Å². The van der Waals surface area contributed by atoms with E-state index in [9.17, 15) is 13.5 Å². The summed E-state index contributed by atoms with van der Waals surface area (Å²) in [5.74, 6) is -0.0965. The van der Waals surface area contributed by atoms with Crippen LogP contribution in [0.25, 0.3) is 0 Å². The Labute approximate surface area is 115 Å². The van der Waals surface area contributed by atoms with Gasteiger partial charge < -0.3 is 10.8 Å². The van der Waals surface area contributed by atoms with E-state index < -0.39 is 15.6 Å². The number of rotatable bonds is 6. The van der Waals surface area contributed by atoms with Crippen molar-refractivity contribution in [3.63, 3.8) is 0 Å². The molecule has 108 valence electrons. The molecule has 0 aromatic heterocycles. The Morgan fingerprint density at radius 3 is 2.42 bits per heavy atom. The number of hydrogen-bond acceptors (Lipinski definition) is 4. The molecule has 0 bridgehead atoms. The van der Waals surface area contributed by atoms with E-state index in [0.717, 1.165) is 5.56 Å². The molecule has 0 amide bonds. The van der Waals surface area contributed by atoms with Gasteiger partial charge in [-0.2, -0.15) is 4.31 Å². The maximum atomic E-state index is 12.3. The number of hydrogen-bond donors (Lipinski definition) is 2. The predicted octanol–water partition coefficient (Wildman–Crippen LogP) is 0.678. The van der Waals surface area contributed by atoms with E-state index >= 15 is 0 Å². The van der Waals surface area contributed by atoms with Crippen LogP contribution in [0.1, 0.15) is 25.0 Å². The van der Waals surface area contributed by atoms with Gasteiger partial charge in [0.2, 0.25) is 10.0 Å². The average Bonchev–Trinajstić information content (AvgIpc) is 2.37. The van der Waals surface area contributed by atoms with Gasteiger partial charge in [-0.1, -0.05) is 24.3 Å². The molecule has 0 fully saturated rings. The van der Waals surface area contributed by atoms with Crippen molar-refractivity contribution in [3.8, 4) is 0 Å². The molecule has 0 aliphatic carbocycles. The number of aliphatic hydroxyl groups excluding tert-OH is 1. The van der Waals surface area contributed by atoms with Crippen LogP contribution in [0.2, 0.25) is 0 Å². The Hall–Kier alpha value is -0.950. The lowest BCUT2D eigenvalue weighted by molar-refractivity contribution is 0.138. The van der Waals surface area contributed by atoms with E-state index in [1.54, 1.807) is 32.0 Å². The number of nitrogens with two attached hydrogens (primary N) is 1. The summed E-state index contributed by atoms with van der Waals surface area (Å²) in [5.41, 5.74) is 6.32. The number of benzene rings is 1. The van der Waals surface area contributed by atoms with Crippen LogP contribution in [0.5, 0.6) is 0 Å². The standard InChI is InChI=1S/C13H22N2O3S/c1-13(2,10-16)15(3)19(17,18)9-12-6-4-5-11(7-12)8-14/h4-7,16H,8-10,14H2,1-3H3. The van der Waals surface area contributed by atoms with E-state index in [-0.39, 0.29) is 12.4 Å². The number of sulfonamides is 1. The third-order valence-corrected chi connectivity index (χ3v) is 5.26. The second-order valence-corrected chi connectivity index (χ2v) is 7.22. The van der Waals surface area contributed by atoms with Gasteiger partial charge in [0.25, 0.3) is 0 Å². The highest BCUT2D eigenvalue weighted by Crippen LogP contribution is 2.19. The molecule has 3 N–H and O–H groups in total. The third-order valence-electron chi connectivity index (χ3n) is 3.23. The minimum absolute atomic E-state index is 0.0965. The first-order valence-electron chi connectivity index (χ1n) is 6.08. The van der Waals surface area contributed by atoms with Crippen LogP contribution in [0.4, 0.5) is 0 Å². The van der Waals surface area contributed by atoms with Crippen LogP contribution < -0.4 is 5.73 Å². The van der Waals surface area contributed by atoms with Crippen molar-refractivity contribution in [2.45, 2.75) is 31.7 Å². The summed E-state index contributed by atoms with van der Waals surface area (Å²) >= 11 is 0. The topological polar surface area (TPSA) is 83.6 Å². The molecule has 0 radical (unpaired) electrons.